The second-order valence-corrected chi connectivity index (χ2v) is 6.65. The maximum atomic E-state index is 13.8. The number of nitrogens with zero attached hydrogens (tertiary/aromatic N) is 4. The summed E-state index contributed by atoms with van der Waals surface area (Å²) in [5.74, 6) is 2.27. The van der Waals surface area contributed by atoms with Crippen LogP contribution in [0.3, 0.4) is 0 Å². The van der Waals surface area contributed by atoms with Crippen LogP contribution < -0.4 is 0 Å². The molecule has 0 radical (unpaired) electrons. The Bertz CT molecular complexity index is 873. The van der Waals surface area contributed by atoms with Gasteiger partial charge in [0.05, 0.1) is 18.7 Å². The summed E-state index contributed by atoms with van der Waals surface area (Å²) in [7, 11) is 0. The van der Waals surface area contributed by atoms with E-state index in [0.717, 1.165) is 29.5 Å². The predicted octanol–water partition coefficient (Wildman–Crippen LogP) is 2.52. The van der Waals surface area contributed by atoms with Crippen LogP contribution in [-0.4, -0.2) is 49.7 Å². The lowest BCUT2D eigenvalue weighted by atomic mass is 10.2. The number of fused-ring (bicyclic) bond motifs is 1. The minimum atomic E-state index is -0.303. The van der Waals surface area contributed by atoms with Crippen molar-refractivity contribution < 1.29 is 9.13 Å². The Balaban J connectivity index is 1.47. The van der Waals surface area contributed by atoms with Gasteiger partial charge in [0.15, 0.2) is 17.5 Å². The summed E-state index contributed by atoms with van der Waals surface area (Å²) in [6.07, 6.45) is -0.144. The quantitative estimate of drug-likeness (QED) is 0.760. The van der Waals surface area contributed by atoms with Crippen molar-refractivity contribution in [1.29, 1.82) is 0 Å². The number of H-pyrrole nitrogens is 2. The van der Waals surface area contributed by atoms with E-state index in [1.165, 1.54) is 6.07 Å². The van der Waals surface area contributed by atoms with Gasteiger partial charge in [0.1, 0.15) is 17.4 Å². The molecule has 4 rings (SSSR count). The van der Waals surface area contributed by atoms with Crippen LogP contribution in [-0.2, 0) is 11.3 Å². The Morgan fingerprint density at radius 3 is 3.00 bits per heavy atom. The number of morpholine rings is 1. The summed E-state index contributed by atoms with van der Waals surface area (Å²) < 4.78 is 19.6. The number of halogens is 1. The Morgan fingerprint density at radius 2 is 2.24 bits per heavy atom. The van der Waals surface area contributed by atoms with Crippen LogP contribution in [0.15, 0.2) is 18.2 Å². The molecule has 25 heavy (non-hydrogen) atoms. The zero-order chi connectivity index (χ0) is 17.4. The molecule has 0 amide bonds. The number of ether oxygens (including phenoxy) is 1. The van der Waals surface area contributed by atoms with Gasteiger partial charge in [-0.3, -0.25) is 10.00 Å². The first-order valence-corrected chi connectivity index (χ1v) is 8.49. The molecule has 0 bridgehead atoms. The number of rotatable bonds is 4. The highest BCUT2D eigenvalue weighted by Crippen LogP contribution is 2.22. The lowest BCUT2D eigenvalue weighted by Gasteiger charge is -2.31. The van der Waals surface area contributed by atoms with Gasteiger partial charge in [-0.05, 0) is 12.1 Å². The van der Waals surface area contributed by atoms with E-state index in [1.807, 2.05) is 6.07 Å². The van der Waals surface area contributed by atoms with Crippen molar-refractivity contribution >= 4 is 11.0 Å². The normalized spacial score (nSPS) is 19.1. The lowest BCUT2D eigenvalue weighted by Crippen LogP contribution is -2.38. The van der Waals surface area contributed by atoms with Gasteiger partial charge in [-0.2, -0.15) is 5.10 Å². The first-order chi connectivity index (χ1) is 12.1. The molecule has 0 aliphatic carbocycles. The lowest BCUT2D eigenvalue weighted by molar-refractivity contribution is -0.0377. The van der Waals surface area contributed by atoms with Gasteiger partial charge in [-0.15, -0.1) is 0 Å². The van der Waals surface area contributed by atoms with Gasteiger partial charge in [0.25, 0.3) is 0 Å². The maximum absolute atomic E-state index is 13.8. The van der Waals surface area contributed by atoms with Gasteiger partial charge in [-0.25, -0.2) is 14.4 Å². The summed E-state index contributed by atoms with van der Waals surface area (Å²) >= 11 is 0. The van der Waals surface area contributed by atoms with E-state index in [9.17, 15) is 4.39 Å². The number of aromatic amines is 2. The number of hydrogen-bond donors (Lipinski definition) is 2. The van der Waals surface area contributed by atoms with Crippen molar-refractivity contribution in [3.63, 3.8) is 0 Å². The fourth-order valence-corrected chi connectivity index (χ4v) is 3.04. The monoisotopic (exact) mass is 344 g/mol. The van der Waals surface area contributed by atoms with Gasteiger partial charge in [0, 0.05) is 19.0 Å². The SMILES string of the molecule is CC(C)c1n[nH]c([C@@H]2CN(Cc3nc4c(F)cccc4[nH]3)CCO2)n1. The zero-order valence-corrected chi connectivity index (χ0v) is 14.3. The second kappa shape index (κ2) is 6.53. The van der Waals surface area contributed by atoms with Crippen molar-refractivity contribution in [1.82, 2.24) is 30.0 Å². The van der Waals surface area contributed by atoms with Crippen LogP contribution in [0.5, 0.6) is 0 Å². The standard InChI is InChI=1S/C17H21FN6O/c1-10(2)16-21-17(23-22-16)13-8-24(6-7-25-13)9-14-19-12-5-3-4-11(18)15(12)20-14/h3-5,10,13H,6-9H2,1-2H3,(H,19,20)(H,21,22,23)/t13-/m0/s1. The van der Waals surface area contributed by atoms with Crippen molar-refractivity contribution in [3.8, 4) is 0 Å². The van der Waals surface area contributed by atoms with Crippen LogP contribution in [0.25, 0.3) is 11.0 Å². The van der Waals surface area contributed by atoms with Gasteiger partial charge < -0.3 is 9.72 Å². The highest BCUT2D eigenvalue weighted by molar-refractivity contribution is 5.75. The average Bonchev–Trinajstić information content (AvgIpc) is 3.22. The fraction of sp³-hybridized carbons (Fsp3) is 0.471. The Kier molecular flexibility index (Phi) is 4.22. The van der Waals surface area contributed by atoms with E-state index in [0.29, 0.717) is 25.2 Å². The number of nitrogens with one attached hydrogen (secondary N) is 2. The summed E-state index contributed by atoms with van der Waals surface area (Å²) in [6.45, 7) is 6.81. The Morgan fingerprint density at radius 1 is 1.36 bits per heavy atom. The summed E-state index contributed by atoms with van der Waals surface area (Å²) in [4.78, 5) is 14.3. The topological polar surface area (TPSA) is 82.7 Å². The molecule has 1 aliphatic rings. The molecule has 1 aromatic carbocycles. The Hall–Kier alpha value is -2.32. The van der Waals surface area contributed by atoms with E-state index in [4.69, 9.17) is 4.74 Å². The predicted molar refractivity (Wildman–Crippen MR) is 90.5 cm³/mol. The molecule has 8 heteroatoms. The van der Waals surface area contributed by atoms with E-state index >= 15 is 0 Å². The molecule has 7 nitrogen and oxygen atoms in total. The van der Waals surface area contributed by atoms with Crippen LogP contribution in [0.2, 0.25) is 0 Å². The second-order valence-electron chi connectivity index (χ2n) is 6.65. The van der Waals surface area contributed by atoms with Crippen LogP contribution in [0, 0.1) is 5.82 Å². The first-order valence-electron chi connectivity index (χ1n) is 8.49. The summed E-state index contributed by atoms with van der Waals surface area (Å²) in [5, 5.41) is 7.23. The average molecular weight is 344 g/mol. The van der Waals surface area contributed by atoms with Gasteiger partial charge in [0.2, 0.25) is 0 Å². The molecule has 3 heterocycles. The Labute approximate surface area is 144 Å². The third kappa shape index (κ3) is 3.27. The number of hydrogen-bond acceptors (Lipinski definition) is 5. The van der Waals surface area contributed by atoms with Crippen LogP contribution in [0.1, 0.15) is 43.3 Å². The molecule has 1 fully saturated rings. The molecule has 2 aromatic heterocycles. The molecule has 0 spiro atoms. The third-order valence-corrected chi connectivity index (χ3v) is 4.38. The maximum Gasteiger partial charge on any atom is 0.155 e. The molecular formula is C17H21FN6O. The minimum absolute atomic E-state index is 0.144. The van der Waals surface area contributed by atoms with E-state index < -0.39 is 0 Å². The van der Waals surface area contributed by atoms with Gasteiger partial charge in [-0.1, -0.05) is 19.9 Å². The third-order valence-electron chi connectivity index (χ3n) is 4.38. The van der Waals surface area contributed by atoms with Crippen molar-refractivity contribution in [2.45, 2.75) is 32.4 Å². The molecule has 3 aromatic rings. The molecule has 0 saturated carbocycles. The fourth-order valence-electron chi connectivity index (χ4n) is 3.04. The van der Waals surface area contributed by atoms with Crippen molar-refractivity contribution in [2.75, 3.05) is 19.7 Å². The van der Waals surface area contributed by atoms with Crippen LogP contribution >= 0.6 is 0 Å². The van der Waals surface area contributed by atoms with Crippen molar-refractivity contribution in [3.05, 3.63) is 41.5 Å². The van der Waals surface area contributed by atoms with Gasteiger partial charge >= 0.3 is 0 Å². The molecule has 1 atom stereocenters. The molecule has 1 saturated heterocycles. The highest BCUT2D eigenvalue weighted by atomic mass is 19.1. The van der Waals surface area contributed by atoms with Crippen molar-refractivity contribution in [2.24, 2.45) is 0 Å². The largest absolute Gasteiger partial charge is 0.368 e. The minimum Gasteiger partial charge on any atom is -0.368 e. The number of benzene rings is 1. The molecule has 0 unspecified atom stereocenters. The zero-order valence-electron chi connectivity index (χ0n) is 14.3. The number of aromatic nitrogens is 5. The molecular weight excluding hydrogens is 323 g/mol. The molecule has 1 aliphatic heterocycles. The van der Waals surface area contributed by atoms with Crippen LogP contribution in [0.4, 0.5) is 4.39 Å². The first kappa shape index (κ1) is 16.2. The molecule has 2 N–H and O–H groups in total. The van der Waals surface area contributed by atoms with E-state index in [-0.39, 0.29) is 17.8 Å². The smallest absolute Gasteiger partial charge is 0.155 e. The van der Waals surface area contributed by atoms with E-state index in [2.05, 4.69) is 43.9 Å². The number of para-hydroxylation sites is 1. The molecule has 132 valence electrons. The number of imidazole rings is 1. The highest BCUT2D eigenvalue weighted by Gasteiger charge is 2.26. The summed E-state index contributed by atoms with van der Waals surface area (Å²) in [6, 6.07) is 4.94. The summed E-state index contributed by atoms with van der Waals surface area (Å²) in [5.41, 5.74) is 1.11. The van der Waals surface area contributed by atoms with E-state index in [1.54, 1.807) is 6.07 Å².